The van der Waals surface area contributed by atoms with Gasteiger partial charge in [0.05, 0.1) is 12.2 Å². The van der Waals surface area contributed by atoms with Gasteiger partial charge in [0.25, 0.3) is 0 Å². The second-order valence-electron chi connectivity index (χ2n) is 14.4. The number of nitrogens with one attached hydrogen (secondary N) is 1. The molecule has 4 saturated carbocycles. The number of amides is 1. The first-order chi connectivity index (χ1) is 19.0. The molecule has 1 aromatic carbocycles. The highest BCUT2D eigenvalue weighted by Crippen LogP contribution is 2.68. The Hall–Kier alpha value is -2.18. The number of aryl methyl sites for hydroxylation is 1. The Kier molecular flexibility index (Phi) is 7.18. The summed E-state index contributed by atoms with van der Waals surface area (Å²) < 4.78 is 5.34. The van der Waals surface area contributed by atoms with Crippen molar-refractivity contribution < 1.29 is 19.4 Å². The Morgan fingerprint density at radius 3 is 2.67 bits per heavy atom. The van der Waals surface area contributed by atoms with Gasteiger partial charge in [0, 0.05) is 29.6 Å². The normalized spacial score (nSPS) is 39.7. The molecule has 4 aliphatic rings. The van der Waals surface area contributed by atoms with E-state index in [2.05, 4.69) is 26.1 Å². The number of hydrogen-bond donors (Lipinski definition) is 3. The van der Waals surface area contributed by atoms with Gasteiger partial charge in [0.1, 0.15) is 5.58 Å². The molecule has 0 bridgehead atoms. The number of rotatable bonds is 5. The largest absolute Gasteiger partial charge is 0.423 e. The van der Waals surface area contributed by atoms with E-state index in [-0.39, 0.29) is 34.6 Å². The average Bonchev–Trinajstić information content (AvgIpc) is 3.27. The number of hydrogen-bond acceptors (Lipinski definition) is 5. The van der Waals surface area contributed by atoms with Crippen LogP contribution in [0.4, 0.5) is 5.69 Å². The zero-order valence-electron chi connectivity index (χ0n) is 24.6. The number of carbonyl (C=O) groups excluding carboxylic acids is 1. The Labute approximate surface area is 237 Å². The van der Waals surface area contributed by atoms with Gasteiger partial charge in [-0.3, -0.25) is 4.79 Å². The SMILES string of the molecule is Cc1cc(=O)oc2cc(NC(=O)CC[C@@H](C)[C@H]3CC[C@H]4[C@@H]5CC[C@@H]6C[C@H](O)CC[C@]6(C)[C@H]5CC(O)[C@]34C)ccc12. The summed E-state index contributed by atoms with van der Waals surface area (Å²) in [5.41, 5.74) is 1.75. The molecule has 1 amide bonds. The molecule has 40 heavy (non-hydrogen) atoms. The summed E-state index contributed by atoms with van der Waals surface area (Å²) in [5, 5.41) is 26.0. The highest BCUT2D eigenvalue weighted by atomic mass is 16.4. The summed E-state index contributed by atoms with van der Waals surface area (Å²) in [6.07, 6.45) is 9.36. The molecule has 6 nitrogen and oxygen atoms in total. The van der Waals surface area contributed by atoms with Crippen LogP contribution in [0.2, 0.25) is 0 Å². The molecule has 0 saturated heterocycles. The molecule has 10 atom stereocenters. The molecule has 6 rings (SSSR count). The summed E-state index contributed by atoms with van der Waals surface area (Å²) in [6.45, 7) is 8.98. The minimum atomic E-state index is -0.387. The number of aliphatic hydroxyl groups excluding tert-OH is 2. The average molecular weight is 550 g/mol. The Morgan fingerprint density at radius 1 is 1.07 bits per heavy atom. The molecule has 1 unspecified atom stereocenters. The lowest BCUT2D eigenvalue weighted by atomic mass is 9.43. The van der Waals surface area contributed by atoms with Gasteiger partial charge < -0.3 is 19.9 Å². The van der Waals surface area contributed by atoms with E-state index in [1.54, 1.807) is 6.07 Å². The number of carbonyl (C=O) groups is 1. The Balaban J connectivity index is 1.11. The van der Waals surface area contributed by atoms with Crippen molar-refractivity contribution in [2.24, 2.45) is 46.3 Å². The van der Waals surface area contributed by atoms with Crippen molar-refractivity contribution in [2.75, 3.05) is 5.32 Å². The van der Waals surface area contributed by atoms with Crippen LogP contribution >= 0.6 is 0 Å². The van der Waals surface area contributed by atoms with Crippen molar-refractivity contribution >= 4 is 22.6 Å². The fraction of sp³-hybridized carbons (Fsp3) is 0.706. The molecule has 4 aliphatic carbocycles. The van der Waals surface area contributed by atoms with Crippen LogP contribution in [0.1, 0.15) is 90.5 Å². The van der Waals surface area contributed by atoms with Crippen LogP contribution < -0.4 is 10.9 Å². The van der Waals surface area contributed by atoms with E-state index in [0.29, 0.717) is 53.2 Å². The molecule has 2 aromatic rings. The third-order valence-corrected chi connectivity index (χ3v) is 12.6. The Morgan fingerprint density at radius 2 is 1.88 bits per heavy atom. The van der Waals surface area contributed by atoms with Crippen LogP contribution in [-0.2, 0) is 4.79 Å². The number of aliphatic hydroxyl groups is 2. The first-order valence-electron chi connectivity index (χ1n) is 15.7. The molecule has 0 radical (unpaired) electrons. The Bertz CT molecular complexity index is 1340. The minimum absolute atomic E-state index is 0.0316. The van der Waals surface area contributed by atoms with Gasteiger partial charge in [-0.25, -0.2) is 4.79 Å². The molecule has 4 fully saturated rings. The fourth-order valence-electron chi connectivity index (χ4n) is 10.3. The molecule has 1 heterocycles. The molecule has 1 aromatic heterocycles. The van der Waals surface area contributed by atoms with Gasteiger partial charge in [-0.15, -0.1) is 0 Å². The van der Waals surface area contributed by atoms with E-state index in [9.17, 15) is 19.8 Å². The van der Waals surface area contributed by atoms with Crippen LogP contribution in [0.15, 0.2) is 33.5 Å². The van der Waals surface area contributed by atoms with Crippen LogP contribution in [0.5, 0.6) is 0 Å². The van der Waals surface area contributed by atoms with Crippen LogP contribution in [-0.4, -0.2) is 28.3 Å². The van der Waals surface area contributed by atoms with Crippen molar-refractivity contribution in [3.63, 3.8) is 0 Å². The van der Waals surface area contributed by atoms with Crippen LogP contribution in [0.3, 0.4) is 0 Å². The number of benzene rings is 1. The predicted octanol–water partition coefficient (Wildman–Crippen LogP) is 6.45. The molecular formula is C34H47NO5. The van der Waals surface area contributed by atoms with E-state index >= 15 is 0 Å². The zero-order chi connectivity index (χ0) is 28.4. The molecule has 3 N–H and O–H groups in total. The molecule has 0 spiro atoms. The smallest absolute Gasteiger partial charge is 0.336 e. The van der Waals surface area contributed by atoms with Crippen molar-refractivity contribution in [2.45, 2.75) is 104 Å². The van der Waals surface area contributed by atoms with E-state index < -0.39 is 0 Å². The lowest BCUT2D eigenvalue weighted by Gasteiger charge is -2.62. The lowest BCUT2D eigenvalue weighted by molar-refractivity contribution is -0.174. The van der Waals surface area contributed by atoms with E-state index in [1.807, 2.05) is 19.1 Å². The van der Waals surface area contributed by atoms with Gasteiger partial charge >= 0.3 is 5.63 Å². The van der Waals surface area contributed by atoms with Crippen molar-refractivity contribution in [3.05, 3.63) is 40.2 Å². The monoisotopic (exact) mass is 549 g/mol. The third-order valence-electron chi connectivity index (χ3n) is 12.6. The first-order valence-corrected chi connectivity index (χ1v) is 15.7. The summed E-state index contributed by atoms with van der Waals surface area (Å²) >= 11 is 0. The van der Waals surface area contributed by atoms with Crippen molar-refractivity contribution in [3.8, 4) is 0 Å². The van der Waals surface area contributed by atoms with Crippen molar-refractivity contribution in [1.82, 2.24) is 0 Å². The predicted molar refractivity (Wildman–Crippen MR) is 157 cm³/mol. The van der Waals surface area contributed by atoms with Crippen LogP contribution in [0.25, 0.3) is 11.0 Å². The summed E-state index contributed by atoms with van der Waals surface area (Å²) in [7, 11) is 0. The molecule has 0 aliphatic heterocycles. The standard InChI is InChI=1S/C34H47NO5/c1-19(5-12-31(38)35-22-7-9-24-20(2)15-32(39)40-29(24)17-22)26-10-11-27-25-8-6-21-16-23(36)13-14-33(21,3)28(25)18-30(37)34(26,27)4/h7,9,15,17,19,21,23,25-28,30,36-37H,5-6,8,10-14,16,18H2,1-4H3,(H,35,38)/t19-,21-,23-,25+,26-,27+,28+,30?,33+,34-/m1/s1. The van der Waals surface area contributed by atoms with Crippen LogP contribution in [0, 0.1) is 53.3 Å². The lowest BCUT2D eigenvalue weighted by Crippen LogP contribution is -2.58. The van der Waals surface area contributed by atoms with E-state index in [0.717, 1.165) is 49.5 Å². The van der Waals surface area contributed by atoms with Crippen molar-refractivity contribution in [1.29, 1.82) is 0 Å². The van der Waals surface area contributed by atoms with Gasteiger partial charge in [-0.1, -0.05) is 20.8 Å². The van der Waals surface area contributed by atoms with Gasteiger partial charge in [0.15, 0.2) is 0 Å². The summed E-state index contributed by atoms with van der Waals surface area (Å²) in [6, 6.07) is 6.94. The highest BCUT2D eigenvalue weighted by Gasteiger charge is 2.63. The molecule has 6 heteroatoms. The number of fused-ring (bicyclic) bond motifs is 6. The number of anilines is 1. The molecular weight excluding hydrogens is 502 g/mol. The van der Waals surface area contributed by atoms with E-state index in [1.165, 1.54) is 25.3 Å². The highest BCUT2D eigenvalue weighted by molar-refractivity contribution is 5.93. The maximum atomic E-state index is 12.9. The first kappa shape index (κ1) is 28.0. The second-order valence-corrected chi connectivity index (χ2v) is 14.4. The van der Waals surface area contributed by atoms with E-state index in [4.69, 9.17) is 4.42 Å². The third kappa shape index (κ3) is 4.54. The zero-order valence-corrected chi connectivity index (χ0v) is 24.6. The quantitative estimate of drug-likeness (QED) is 0.372. The summed E-state index contributed by atoms with van der Waals surface area (Å²) in [5.74, 6) is 3.09. The van der Waals surface area contributed by atoms with Gasteiger partial charge in [0.2, 0.25) is 5.91 Å². The van der Waals surface area contributed by atoms with Gasteiger partial charge in [-0.05, 0) is 129 Å². The second kappa shape index (κ2) is 10.3. The maximum absolute atomic E-state index is 12.9. The maximum Gasteiger partial charge on any atom is 0.336 e. The topological polar surface area (TPSA) is 99.8 Å². The summed E-state index contributed by atoms with van der Waals surface area (Å²) in [4.78, 5) is 24.7. The van der Waals surface area contributed by atoms with Gasteiger partial charge in [-0.2, -0.15) is 0 Å². The molecule has 218 valence electrons. The minimum Gasteiger partial charge on any atom is -0.423 e. The fourth-order valence-corrected chi connectivity index (χ4v) is 10.3.